The molecule has 0 radical (unpaired) electrons. The molecule has 0 spiro atoms. The van der Waals surface area contributed by atoms with Crippen molar-refractivity contribution in [2.75, 3.05) is 21.7 Å². The Labute approximate surface area is 176 Å². The number of amidine groups is 1. The SMILES string of the molecule is CCCCC(=O)N(Oc1cccc(C(=N)N)c1)c1ccc(N2CCCS2(=O)=O)cc1. The van der Waals surface area contributed by atoms with Gasteiger partial charge in [-0.1, -0.05) is 25.5 Å². The lowest BCUT2D eigenvalue weighted by Gasteiger charge is -2.24. The Morgan fingerprint density at radius 3 is 2.57 bits per heavy atom. The summed E-state index contributed by atoms with van der Waals surface area (Å²) >= 11 is 0. The van der Waals surface area contributed by atoms with E-state index in [1.807, 2.05) is 6.92 Å². The number of nitrogens with one attached hydrogen (secondary N) is 1. The summed E-state index contributed by atoms with van der Waals surface area (Å²) in [5, 5.41) is 8.78. The maximum absolute atomic E-state index is 12.8. The summed E-state index contributed by atoms with van der Waals surface area (Å²) in [6.07, 6.45) is 2.49. The largest absolute Gasteiger partial charge is 0.384 e. The number of nitrogens with zero attached hydrogens (tertiary/aromatic N) is 2. The first-order valence-electron chi connectivity index (χ1n) is 9.87. The number of hydroxylamine groups is 1. The minimum Gasteiger partial charge on any atom is -0.384 e. The van der Waals surface area contributed by atoms with E-state index in [-0.39, 0.29) is 17.5 Å². The lowest BCUT2D eigenvalue weighted by atomic mass is 10.2. The first-order valence-corrected chi connectivity index (χ1v) is 11.5. The van der Waals surface area contributed by atoms with Crippen molar-refractivity contribution in [1.82, 2.24) is 0 Å². The zero-order valence-electron chi connectivity index (χ0n) is 16.9. The number of nitrogens with two attached hydrogens (primary N) is 1. The molecule has 1 fully saturated rings. The lowest BCUT2D eigenvalue weighted by molar-refractivity contribution is -0.122. The van der Waals surface area contributed by atoms with E-state index in [0.29, 0.717) is 42.1 Å². The van der Waals surface area contributed by atoms with Crippen molar-refractivity contribution in [3.63, 3.8) is 0 Å². The summed E-state index contributed by atoms with van der Waals surface area (Å²) in [6, 6.07) is 13.3. The molecule has 160 valence electrons. The van der Waals surface area contributed by atoms with Crippen LogP contribution in [0.15, 0.2) is 48.5 Å². The van der Waals surface area contributed by atoms with Crippen molar-refractivity contribution in [2.45, 2.75) is 32.6 Å². The number of carbonyl (C=O) groups is 1. The van der Waals surface area contributed by atoms with Gasteiger partial charge >= 0.3 is 0 Å². The molecule has 0 aliphatic carbocycles. The molecule has 1 aliphatic rings. The van der Waals surface area contributed by atoms with Gasteiger partial charge < -0.3 is 10.6 Å². The highest BCUT2D eigenvalue weighted by molar-refractivity contribution is 7.93. The Kier molecular flexibility index (Phi) is 6.61. The third-order valence-corrected chi connectivity index (χ3v) is 6.65. The van der Waals surface area contributed by atoms with E-state index in [2.05, 4.69) is 0 Å². The van der Waals surface area contributed by atoms with Crippen LogP contribution in [0, 0.1) is 5.41 Å². The normalized spacial score (nSPS) is 15.0. The summed E-state index contributed by atoms with van der Waals surface area (Å²) in [6.45, 7) is 2.45. The second-order valence-electron chi connectivity index (χ2n) is 7.08. The van der Waals surface area contributed by atoms with Crippen LogP contribution in [0.4, 0.5) is 11.4 Å². The molecule has 1 saturated heterocycles. The van der Waals surface area contributed by atoms with Gasteiger partial charge in [0.25, 0.3) is 5.91 Å². The summed E-state index contributed by atoms with van der Waals surface area (Å²) in [4.78, 5) is 18.7. The van der Waals surface area contributed by atoms with Gasteiger partial charge in [0.1, 0.15) is 5.84 Å². The fourth-order valence-corrected chi connectivity index (χ4v) is 4.75. The second-order valence-corrected chi connectivity index (χ2v) is 9.10. The molecule has 2 aromatic rings. The van der Waals surface area contributed by atoms with Crippen molar-refractivity contribution in [2.24, 2.45) is 5.73 Å². The number of sulfonamides is 1. The van der Waals surface area contributed by atoms with Crippen LogP contribution in [0.25, 0.3) is 0 Å². The third kappa shape index (κ3) is 4.91. The van der Waals surface area contributed by atoms with Gasteiger partial charge in [0.15, 0.2) is 5.75 Å². The van der Waals surface area contributed by atoms with E-state index < -0.39 is 10.0 Å². The number of anilines is 2. The van der Waals surface area contributed by atoms with Crippen LogP contribution in [0.5, 0.6) is 5.75 Å². The zero-order chi connectivity index (χ0) is 21.7. The molecule has 0 atom stereocenters. The minimum absolute atomic E-state index is 0.0968. The van der Waals surface area contributed by atoms with Gasteiger partial charge in [-0.3, -0.25) is 14.5 Å². The number of hydrogen-bond acceptors (Lipinski definition) is 5. The molecule has 2 aromatic carbocycles. The van der Waals surface area contributed by atoms with E-state index in [1.54, 1.807) is 48.5 Å². The van der Waals surface area contributed by atoms with Crippen molar-refractivity contribution < 1.29 is 18.0 Å². The van der Waals surface area contributed by atoms with Crippen molar-refractivity contribution in [3.8, 4) is 5.75 Å². The lowest BCUT2D eigenvalue weighted by Crippen LogP contribution is -2.34. The minimum atomic E-state index is -3.27. The molecule has 1 heterocycles. The molecular weight excluding hydrogens is 404 g/mol. The predicted molar refractivity (Wildman–Crippen MR) is 117 cm³/mol. The van der Waals surface area contributed by atoms with Crippen LogP contribution in [0.1, 0.15) is 38.2 Å². The summed E-state index contributed by atoms with van der Waals surface area (Å²) in [5.41, 5.74) is 7.09. The van der Waals surface area contributed by atoms with Crippen LogP contribution >= 0.6 is 0 Å². The third-order valence-electron chi connectivity index (χ3n) is 4.78. The Morgan fingerprint density at radius 2 is 1.97 bits per heavy atom. The van der Waals surface area contributed by atoms with E-state index in [0.717, 1.165) is 12.8 Å². The van der Waals surface area contributed by atoms with Crippen LogP contribution in [-0.4, -0.2) is 32.5 Å². The number of benzene rings is 2. The average molecular weight is 431 g/mol. The molecule has 0 bridgehead atoms. The summed E-state index contributed by atoms with van der Waals surface area (Å²) < 4.78 is 25.7. The fraction of sp³-hybridized carbons (Fsp3) is 0.333. The monoisotopic (exact) mass is 430 g/mol. The van der Waals surface area contributed by atoms with Crippen molar-refractivity contribution in [1.29, 1.82) is 5.41 Å². The predicted octanol–water partition coefficient (Wildman–Crippen LogP) is 3.03. The van der Waals surface area contributed by atoms with Crippen LogP contribution < -0.4 is 19.9 Å². The number of nitrogen functional groups attached to an aromatic ring is 1. The van der Waals surface area contributed by atoms with Crippen LogP contribution in [0.3, 0.4) is 0 Å². The van der Waals surface area contributed by atoms with Crippen LogP contribution in [0.2, 0.25) is 0 Å². The molecule has 3 rings (SSSR count). The van der Waals surface area contributed by atoms with E-state index in [9.17, 15) is 13.2 Å². The number of carbonyl (C=O) groups excluding carboxylic acids is 1. The standard InChI is InChI=1S/C21H26N4O4S/c1-2-3-8-20(26)25(29-19-7-4-6-16(15-19)21(22)23)18-11-9-17(10-12-18)24-13-5-14-30(24,27)28/h4,6-7,9-12,15H,2-3,5,8,13-14H2,1H3,(H3,22,23). The Bertz CT molecular complexity index is 1020. The summed E-state index contributed by atoms with van der Waals surface area (Å²) in [7, 11) is -3.27. The van der Waals surface area contributed by atoms with Gasteiger partial charge in [-0.25, -0.2) is 8.42 Å². The highest BCUT2D eigenvalue weighted by Gasteiger charge is 2.28. The Hall–Kier alpha value is -3.07. The number of hydrogen-bond donors (Lipinski definition) is 2. The fourth-order valence-electron chi connectivity index (χ4n) is 3.19. The molecule has 1 amide bonds. The average Bonchev–Trinajstić information content (AvgIpc) is 3.09. The molecule has 0 unspecified atom stereocenters. The highest BCUT2D eigenvalue weighted by atomic mass is 32.2. The van der Waals surface area contributed by atoms with Gasteiger partial charge in [0.2, 0.25) is 10.0 Å². The Morgan fingerprint density at radius 1 is 1.23 bits per heavy atom. The molecule has 30 heavy (non-hydrogen) atoms. The van der Waals surface area contributed by atoms with Gasteiger partial charge in [0, 0.05) is 18.5 Å². The van der Waals surface area contributed by atoms with Gasteiger partial charge in [-0.15, -0.1) is 5.06 Å². The van der Waals surface area contributed by atoms with Crippen molar-refractivity contribution in [3.05, 3.63) is 54.1 Å². The smallest absolute Gasteiger partial charge is 0.259 e. The van der Waals surface area contributed by atoms with Gasteiger partial charge in [-0.2, -0.15) is 0 Å². The molecule has 0 aromatic heterocycles. The molecule has 3 N–H and O–H groups in total. The maximum atomic E-state index is 12.8. The Balaban J connectivity index is 1.87. The second kappa shape index (κ2) is 9.17. The molecule has 8 nitrogen and oxygen atoms in total. The first-order chi connectivity index (χ1) is 14.3. The topological polar surface area (TPSA) is 117 Å². The maximum Gasteiger partial charge on any atom is 0.259 e. The number of amides is 1. The van der Waals surface area contributed by atoms with E-state index in [1.165, 1.54) is 9.37 Å². The summed E-state index contributed by atoms with van der Waals surface area (Å²) in [5.74, 6) is 0.206. The number of unbranched alkanes of at least 4 members (excludes halogenated alkanes) is 1. The van der Waals surface area contributed by atoms with Crippen molar-refractivity contribution >= 4 is 33.1 Å². The molecule has 9 heteroatoms. The molecule has 1 aliphatic heterocycles. The quantitative estimate of drug-likeness (QED) is 0.379. The first kappa shape index (κ1) is 21.6. The molecular formula is C21H26N4O4S. The molecule has 0 saturated carbocycles. The van der Waals surface area contributed by atoms with E-state index >= 15 is 0 Å². The van der Waals surface area contributed by atoms with Gasteiger partial charge in [0.05, 0.1) is 17.1 Å². The van der Waals surface area contributed by atoms with E-state index in [4.69, 9.17) is 16.0 Å². The highest BCUT2D eigenvalue weighted by Crippen LogP contribution is 2.28. The zero-order valence-corrected chi connectivity index (χ0v) is 17.7. The number of rotatable bonds is 8. The van der Waals surface area contributed by atoms with Gasteiger partial charge in [-0.05, 0) is 49.2 Å². The van der Waals surface area contributed by atoms with Crippen LogP contribution in [-0.2, 0) is 14.8 Å².